The van der Waals surface area contributed by atoms with Gasteiger partial charge in [0.2, 0.25) is 5.91 Å². The number of hydrogen-bond acceptors (Lipinski definition) is 6. The third-order valence-electron chi connectivity index (χ3n) is 2.70. The molecule has 0 aliphatic carbocycles. The first-order valence-electron chi connectivity index (χ1n) is 6.40. The second-order valence-electron chi connectivity index (χ2n) is 4.39. The van der Waals surface area contributed by atoms with Gasteiger partial charge >= 0.3 is 0 Å². The Labute approximate surface area is 124 Å². The lowest BCUT2D eigenvalue weighted by Crippen LogP contribution is -2.29. The van der Waals surface area contributed by atoms with Crippen molar-refractivity contribution >= 4 is 33.5 Å². The molecule has 1 aromatic heterocycles. The smallest absolute Gasteiger partial charge is 0.288 e. The first-order chi connectivity index (χ1) is 10.1. The van der Waals surface area contributed by atoms with E-state index in [-0.39, 0.29) is 16.9 Å². The summed E-state index contributed by atoms with van der Waals surface area (Å²) in [5.41, 5.74) is 7.19. The van der Waals surface area contributed by atoms with Crippen molar-refractivity contribution in [2.24, 2.45) is 0 Å². The molecule has 2 aromatic rings. The molecule has 21 heavy (non-hydrogen) atoms. The lowest BCUT2D eigenvalue weighted by atomic mass is 10.3. The lowest BCUT2D eigenvalue weighted by Gasteiger charge is -2.03. The summed E-state index contributed by atoms with van der Waals surface area (Å²) in [5, 5.41) is 2.69. The quantitative estimate of drug-likeness (QED) is 0.575. The summed E-state index contributed by atoms with van der Waals surface area (Å²) in [5.74, 6) is -0.499. The van der Waals surface area contributed by atoms with Crippen LogP contribution < -0.4 is 11.1 Å². The zero-order valence-corrected chi connectivity index (χ0v) is 12.4. The zero-order chi connectivity index (χ0) is 15.2. The molecule has 7 nitrogen and oxygen atoms in total. The van der Waals surface area contributed by atoms with Crippen molar-refractivity contribution in [2.75, 3.05) is 31.7 Å². The summed E-state index contributed by atoms with van der Waals surface area (Å²) >= 11 is 0. The molecule has 0 fully saturated rings. The van der Waals surface area contributed by atoms with Crippen LogP contribution in [0.3, 0.4) is 0 Å². The van der Waals surface area contributed by atoms with Gasteiger partial charge in [0.05, 0.1) is 0 Å². The predicted molar refractivity (Wildman–Crippen MR) is 79.2 cm³/mol. The molecule has 0 radical (unpaired) electrons. The van der Waals surface area contributed by atoms with Crippen LogP contribution in [0.2, 0.25) is 0 Å². The van der Waals surface area contributed by atoms with Crippen LogP contribution in [0.5, 0.6) is 0 Å². The number of nitrogen functional groups attached to an aromatic ring is 1. The van der Waals surface area contributed by atoms with E-state index in [1.807, 2.05) is 0 Å². The van der Waals surface area contributed by atoms with Crippen LogP contribution in [0.25, 0.3) is 11.1 Å². The molecule has 0 bridgehead atoms. The molecule has 1 atom stereocenters. The van der Waals surface area contributed by atoms with Crippen molar-refractivity contribution in [2.45, 2.75) is 11.6 Å². The Bertz CT molecular complexity index is 656. The maximum atomic E-state index is 12.0. The monoisotopic (exact) mass is 311 g/mol. The second kappa shape index (κ2) is 7.19. The molecule has 8 heteroatoms. The van der Waals surface area contributed by atoms with Crippen LogP contribution in [0.4, 0.5) is 5.69 Å². The molecule has 1 amide bonds. The van der Waals surface area contributed by atoms with Gasteiger partial charge in [0.25, 0.3) is 5.22 Å². The van der Waals surface area contributed by atoms with Crippen molar-refractivity contribution in [3.8, 4) is 0 Å². The number of benzene rings is 1. The van der Waals surface area contributed by atoms with E-state index in [9.17, 15) is 9.00 Å². The molecule has 0 saturated carbocycles. The molecule has 114 valence electrons. The summed E-state index contributed by atoms with van der Waals surface area (Å²) < 4.78 is 22.3. The largest absolute Gasteiger partial charge is 0.430 e. The predicted octanol–water partition coefficient (Wildman–Crippen LogP) is 0.670. The van der Waals surface area contributed by atoms with Crippen molar-refractivity contribution in [3.05, 3.63) is 18.2 Å². The highest BCUT2D eigenvalue weighted by Gasteiger charge is 2.16. The SMILES string of the molecule is COCCCNC(=O)CS(=O)c1nc2ccc(N)cc2o1. The molecule has 0 spiro atoms. The highest BCUT2D eigenvalue weighted by molar-refractivity contribution is 7.85. The van der Waals surface area contributed by atoms with Crippen LogP contribution in [0, 0.1) is 0 Å². The van der Waals surface area contributed by atoms with Gasteiger partial charge in [0.1, 0.15) is 22.1 Å². The topological polar surface area (TPSA) is 107 Å². The molecule has 2 rings (SSSR count). The fourth-order valence-electron chi connectivity index (χ4n) is 1.69. The van der Waals surface area contributed by atoms with Gasteiger partial charge in [-0.3, -0.25) is 4.79 Å². The summed E-state index contributed by atoms with van der Waals surface area (Å²) in [7, 11) is -0.0277. The highest BCUT2D eigenvalue weighted by Crippen LogP contribution is 2.20. The number of oxazole rings is 1. The Morgan fingerprint density at radius 1 is 1.52 bits per heavy atom. The Kier molecular flexibility index (Phi) is 5.29. The zero-order valence-electron chi connectivity index (χ0n) is 11.6. The summed E-state index contributed by atoms with van der Waals surface area (Å²) in [4.78, 5) is 15.7. The van der Waals surface area contributed by atoms with Crippen LogP contribution in [-0.4, -0.2) is 41.1 Å². The van der Waals surface area contributed by atoms with Gasteiger partial charge in [-0.05, 0) is 18.6 Å². The molecular weight excluding hydrogens is 294 g/mol. The van der Waals surface area contributed by atoms with Crippen molar-refractivity contribution in [3.63, 3.8) is 0 Å². The highest BCUT2D eigenvalue weighted by atomic mass is 32.2. The van der Waals surface area contributed by atoms with Gasteiger partial charge in [-0.15, -0.1) is 0 Å². The Morgan fingerprint density at radius 2 is 2.33 bits per heavy atom. The Morgan fingerprint density at radius 3 is 3.10 bits per heavy atom. The van der Waals surface area contributed by atoms with Crippen molar-refractivity contribution in [1.29, 1.82) is 0 Å². The molecular formula is C13H17N3O4S. The van der Waals surface area contributed by atoms with E-state index in [1.165, 1.54) is 0 Å². The van der Waals surface area contributed by atoms with E-state index in [2.05, 4.69) is 10.3 Å². The number of fused-ring (bicyclic) bond motifs is 1. The van der Waals surface area contributed by atoms with E-state index in [4.69, 9.17) is 14.9 Å². The molecule has 1 aromatic carbocycles. The average Bonchev–Trinajstić information content (AvgIpc) is 2.86. The van der Waals surface area contributed by atoms with Crippen molar-refractivity contribution < 1.29 is 18.2 Å². The number of methoxy groups -OCH3 is 1. The number of nitrogens with one attached hydrogen (secondary N) is 1. The van der Waals surface area contributed by atoms with Gasteiger partial charge in [0, 0.05) is 32.0 Å². The van der Waals surface area contributed by atoms with Gasteiger partial charge in [-0.25, -0.2) is 9.19 Å². The van der Waals surface area contributed by atoms with Crippen LogP contribution in [0.1, 0.15) is 6.42 Å². The number of rotatable bonds is 7. The number of amides is 1. The van der Waals surface area contributed by atoms with Crippen LogP contribution >= 0.6 is 0 Å². The van der Waals surface area contributed by atoms with E-state index in [0.29, 0.717) is 36.4 Å². The Hall–Kier alpha value is -1.93. The number of hydrogen-bond donors (Lipinski definition) is 2. The van der Waals surface area contributed by atoms with Gasteiger partial charge in [-0.1, -0.05) is 0 Å². The number of nitrogens with zero attached hydrogens (tertiary/aromatic N) is 1. The van der Waals surface area contributed by atoms with Crippen LogP contribution in [0.15, 0.2) is 27.8 Å². The van der Waals surface area contributed by atoms with Gasteiger partial charge < -0.3 is 20.2 Å². The van der Waals surface area contributed by atoms with E-state index in [1.54, 1.807) is 25.3 Å². The number of nitrogens with two attached hydrogens (primary N) is 1. The maximum Gasteiger partial charge on any atom is 0.288 e. The molecule has 3 N–H and O–H groups in total. The third kappa shape index (κ3) is 4.27. The van der Waals surface area contributed by atoms with E-state index < -0.39 is 10.8 Å². The van der Waals surface area contributed by atoms with Crippen molar-refractivity contribution in [1.82, 2.24) is 10.3 Å². The van der Waals surface area contributed by atoms with Gasteiger partial charge in [-0.2, -0.15) is 0 Å². The maximum absolute atomic E-state index is 12.0. The first kappa shape index (κ1) is 15.5. The average molecular weight is 311 g/mol. The summed E-state index contributed by atoms with van der Waals surface area (Å²) in [6.07, 6.45) is 0.705. The molecule has 1 unspecified atom stereocenters. The summed E-state index contributed by atoms with van der Waals surface area (Å²) in [6, 6.07) is 4.97. The number of anilines is 1. The summed E-state index contributed by atoms with van der Waals surface area (Å²) in [6.45, 7) is 1.05. The number of carbonyl (C=O) groups is 1. The van der Waals surface area contributed by atoms with E-state index in [0.717, 1.165) is 0 Å². The molecule has 1 heterocycles. The minimum Gasteiger partial charge on any atom is -0.430 e. The fraction of sp³-hybridized carbons (Fsp3) is 0.385. The molecule has 0 aliphatic heterocycles. The minimum absolute atomic E-state index is 0.0302. The van der Waals surface area contributed by atoms with Gasteiger partial charge in [0.15, 0.2) is 5.58 Å². The number of aromatic nitrogens is 1. The lowest BCUT2D eigenvalue weighted by molar-refractivity contribution is -0.118. The third-order valence-corrected chi connectivity index (χ3v) is 3.79. The van der Waals surface area contributed by atoms with Crippen LogP contribution in [-0.2, 0) is 20.3 Å². The first-order valence-corrected chi connectivity index (χ1v) is 7.72. The number of carbonyl (C=O) groups excluding carboxylic acids is 1. The normalized spacial score (nSPS) is 12.4. The van der Waals surface area contributed by atoms with E-state index >= 15 is 0 Å². The molecule has 0 aliphatic rings. The molecule has 0 saturated heterocycles. The fourth-order valence-corrected chi connectivity index (χ4v) is 2.54. The minimum atomic E-state index is -1.62. The second-order valence-corrected chi connectivity index (χ2v) is 5.72. The standard InChI is InChI=1S/C13H17N3O4S/c1-19-6-2-5-15-12(17)8-21(18)13-16-10-4-3-9(14)7-11(10)20-13/h3-4,7H,2,5-6,8,14H2,1H3,(H,15,17). The Balaban J connectivity index is 1.94. The number of ether oxygens (including phenoxy) is 1.